The standard InChI is InChI=1S/C16H26N4/c1-11-6-5-7-12(10-11)15-18-14-9-4-2-3-8-13(14)16(19-15)20-17/h11-12H,2-10,17H2,1H3,(H,18,19,20). The molecule has 20 heavy (non-hydrogen) atoms. The van der Waals surface area contributed by atoms with Crippen LogP contribution in [0.15, 0.2) is 0 Å². The third kappa shape index (κ3) is 2.80. The van der Waals surface area contributed by atoms with Crippen molar-refractivity contribution < 1.29 is 0 Å². The Labute approximate surface area is 121 Å². The van der Waals surface area contributed by atoms with Crippen molar-refractivity contribution in [3.8, 4) is 0 Å². The minimum absolute atomic E-state index is 0.527. The van der Waals surface area contributed by atoms with Crippen LogP contribution in [0.4, 0.5) is 5.82 Å². The maximum atomic E-state index is 5.71. The average molecular weight is 274 g/mol. The Hall–Kier alpha value is -1.16. The highest BCUT2D eigenvalue weighted by atomic mass is 15.3. The summed E-state index contributed by atoms with van der Waals surface area (Å²) in [4.78, 5) is 9.69. The Bertz CT molecular complexity index is 472. The van der Waals surface area contributed by atoms with E-state index in [-0.39, 0.29) is 0 Å². The maximum Gasteiger partial charge on any atom is 0.147 e. The van der Waals surface area contributed by atoms with Crippen molar-refractivity contribution in [2.75, 3.05) is 5.43 Å². The molecule has 2 aliphatic carbocycles. The van der Waals surface area contributed by atoms with Crippen LogP contribution in [0.5, 0.6) is 0 Å². The Balaban J connectivity index is 1.93. The van der Waals surface area contributed by atoms with Gasteiger partial charge in [0.25, 0.3) is 0 Å². The molecule has 0 spiro atoms. The van der Waals surface area contributed by atoms with Gasteiger partial charge in [0.15, 0.2) is 0 Å². The van der Waals surface area contributed by atoms with Gasteiger partial charge < -0.3 is 5.43 Å². The molecular formula is C16H26N4. The van der Waals surface area contributed by atoms with Crippen molar-refractivity contribution in [2.24, 2.45) is 11.8 Å². The SMILES string of the molecule is CC1CCCC(c2nc3c(c(NN)n2)CCCCC3)C1. The van der Waals surface area contributed by atoms with E-state index < -0.39 is 0 Å². The van der Waals surface area contributed by atoms with E-state index in [1.165, 1.54) is 56.2 Å². The number of anilines is 1. The molecule has 0 amide bonds. The minimum Gasteiger partial charge on any atom is -0.308 e. The van der Waals surface area contributed by atoms with E-state index >= 15 is 0 Å². The minimum atomic E-state index is 0.527. The highest BCUT2D eigenvalue weighted by Gasteiger charge is 2.25. The molecule has 1 saturated carbocycles. The van der Waals surface area contributed by atoms with Crippen molar-refractivity contribution >= 4 is 5.82 Å². The third-order valence-electron chi connectivity index (χ3n) is 4.89. The monoisotopic (exact) mass is 274 g/mol. The predicted molar refractivity (Wildman–Crippen MR) is 81.5 cm³/mol. The molecule has 0 bridgehead atoms. The number of hydrogen-bond acceptors (Lipinski definition) is 4. The van der Waals surface area contributed by atoms with Crippen LogP contribution < -0.4 is 11.3 Å². The van der Waals surface area contributed by atoms with Gasteiger partial charge in [-0.05, 0) is 44.4 Å². The number of nitrogens with one attached hydrogen (secondary N) is 1. The molecule has 0 radical (unpaired) electrons. The van der Waals surface area contributed by atoms with Crippen molar-refractivity contribution in [3.63, 3.8) is 0 Å². The van der Waals surface area contributed by atoms with Crippen LogP contribution >= 0.6 is 0 Å². The number of nitrogens with zero attached hydrogens (tertiary/aromatic N) is 2. The molecule has 1 aromatic rings. The number of nitrogens with two attached hydrogens (primary N) is 1. The molecule has 3 rings (SSSR count). The van der Waals surface area contributed by atoms with Gasteiger partial charge in [0.1, 0.15) is 11.6 Å². The van der Waals surface area contributed by atoms with Gasteiger partial charge in [-0.1, -0.05) is 26.2 Å². The lowest BCUT2D eigenvalue weighted by atomic mass is 9.82. The molecule has 1 fully saturated rings. The molecule has 1 aromatic heterocycles. The molecule has 2 unspecified atom stereocenters. The van der Waals surface area contributed by atoms with Crippen molar-refractivity contribution in [3.05, 3.63) is 17.1 Å². The second kappa shape index (κ2) is 6.08. The molecule has 0 aliphatic heterocycles. The zero-order valence-electron chi connectivity index (χ0n) is 12.5. The van der Waals surface area contributed by atoms with Crippen LogP contribution in [0.1, 0.15) is 74.9 Å². The van der Waals surface area contributed by atoms with E-state index in [1.54, 1.807) is 0 Å². The highest BCUT2D eigenvalue weighted by molar-refractivity contribution is 5.46. The summed E-state index contributed by atoms with van der Waals surface area (Å²) in [6.45, 7) is 2.34. The molecule has 110 valence electrons. The molecule has 4 nitrogen and oxygen atoms in total. The first kappa shape index (κ1) is 13.8. The zero-order chi connectivity index (χ0) is 13.9. The summed E-state index contributed by atoms with van der Waals surface area (Å²) in [5.41, 5.74) is 5.33. The van der Waals surface area contributed by atoms with Crippen LogP contribution in [-0.2, 0) is 12.8 Å². The van der Waals surface area contributed by atoms with Gasteiger partial charge in [0.2, 0.25) is 0 Å². The highest BCUT2D eigenvalue weighted by Crippen LogP contribution is 2.36. The van der Waals surface area contributed by atoms with Crippen LogP contribution in [0.3, 0.4) is 0 Å². The first-order valence-corrected chi connectivity index (χ1v) is 8.14. The summed E-state index contributed by atoms with van der Waals surface area (Å²) < 4.78 is 0. The zero-order valence-corrected chi connectivity index (χ0v) is 12.5. The second-order valence-electron chi connectivity index (χ2n) is 6.53. The fourth-order valence-corrected chi connectivity index (χ4v) is 3.76. The van der Waals surface area contributed by atoms with E-state index in [1.807, 2.05) is 0 Å². The van der Waals surface area contributed by atoms with Gasteiger partial charge in [0, 0.05) is 17.2 Å². The Morgan fingerprint density at radius 2 is 1.90 bits per heavy atom. The smallest absolute Gasteiger partial charge is 0.147 e. The Morgan fingerprint density at radius 1 is 1.05 bits per heavy atom. The molecule has 3 N–H and O–H groups in total. The Kier molecular flexibility index (Phi) is 4.20. The van der Waals surface area contributed by atoms with Gasteiger partial charge in [-0.15, -0.1) is 0 Å². The molecule has 0 saturated heterocycles. The van der Waals surface area contributed by atoms with Gasteiger partial charge in [-0.3, -0.25) is 0 Å². The van der Waals surface area contributed by atoms with E-state index in [4.69, 9.17) is 15.8 Å². The summed E-state index contributed by atoms with van der Waals surface area (Å²) in [7, 11) is 0. The largest absolute Gasteiger partial charge is 0.308 e. The van der Waals surface area contributed by atoms with Crippen LogP contribution in [0.25, 0.3) is 0 Å². The molecule has 2 aliphatic rings. The first-order chi connectivity index (χ1) is 9.78. The van der Waals surface area contributed by atoms with E-state index in [9.17, 15) is 0 Å². The first-order valence-electron chi connectivity index (χ1n) is 8.14. The lowest BCUT2D eigenvalue weighted by molar-refractivity contribution is 0.335. The van der Waals surface area contributed by atoms with Crippen molar-refractivity contribution in [1.82, 2.24) is 9.97 Å². The molecule has 2 atom stereocenters. The molecule has 4 heteroatoms. The fourth-order valence-electron chi connectivity index (χ4n) is 3.76. The third-order valence-corrected chi connectivity index (χ3v) is 4.89. The van der Waals surface area contributed by atoms with Crippen LogP contribution in [0, 0.1) is 5.92 Å². The van der Waals surface area contributed by atoms with Crippen LogP contribution in [-0.4, -0.2) is 9.97 Å². The Morgan fingerprint density at radius 3 is 2.70 bits per heavy atom. The van der Waals surface area contributed by atoms with Gasteiger partial charge >= 0.3 is 0 Å². The average Bonchev–Trinajstić information content (AvgIpc) is 2.71. The summed E-state index contributed by atoms with van der Waals surface area (Å²) >= 11 is 0. The van der Waals surface area contributed by atoms with E-state index in [0.29, 0.717) is 5.92 Å². The number of fused-ring (bicyclic) bond motifs is 1. The fraction of sp³-hybridized carbons (Fsp3) is 0.750. The number of rotatable bonds is 2. The summed E-state index contributed by atoms with van der Waals surface area (Å²) in [5.74, 6) is 8.95. The predicted octanol–water partition coefficient (Wildman–Crippen LogP) is 3.32. The molecular weight excluding hydrogens is 248 g/mol. The van der Waals surface area contributed by atoms with Crippen LogP contribution in [0.2, 0.25) is 0 Å². The lowest BCUT2D eigenvalue weighted by Gasteiger charge is -2.26. The van der Waals surface area contributed by atoms with Gasteiger partial charge in [-0.25, -0.2) is 15.8 Å². The normalized spacial score (nSPS) is 26.7. The number of aromatic nitrogens is 2. The van der Waals surface area contributed by atoms with Gasteiger partial charge in [-0.2, -0.15) is 0 Å². The second-order valence-corrected chi connectivity index (χ2v) is 6.53. The summed E-state index contributed by atoms with van der Waals surface area (Å²) in [6.07, 6.45) is 11.0. The summed E-state index contributed by atoms with van der Waals surface area (Å²) in [5, 5.41) is 0. The number of nitrogen functional groups attached to an aromatic ring is 1. The van der Waals surface area contributed by atoms with E-state index in [2.05, 4.69) is 12.3 Å². The number of hydrazine groups is 1. The topological polar surface area (TPSA) is 63.8 Å². The number of aryl methyl sites for hydroxylation is 1. The van der Waals surface area contributed by atoms with Crippen molar-refractivity contribution in [2.45, 2.75) is 70.6 Å². The summed E-state index contributed by atoms with van der Waals surface area (Å²) in [6, 6.07) is 0. The molecule has 1 heterocycles. The van der Waals surface area contributed by atoms with E-state index in [0.717, 1.165) is 30.4 Å². The molecule has 0 aromatic carbocycles. The maximum absolute atomic E-state index is 5.71. The quantitative estimate of drug-likeness (QED) is 0.493. The lowest BCUT2D eigenvalue weighted by Crippen LogP contribution is -2.19. The van der Waals surface area contributed by atoms with Gasteiger partial charge in [0.05, 0.1) is 0 Å². The number of hydrogen-bond donors (Lipinski definition) is 2. The van der Waals surface area contributed by atoms with Crippen molar-refractivity contribution in [1.29, 1.82) is 0 Å².